The minimum Gasteiger partial charge on any atom is -0.495 e. The van der Waals surface area contributed by atoms with E-state index in [1.165, 1.54) is 12.2 Å². The molecule has 14 heteroatoms. The molecule has 14 nitrogen and oxygen atoms in total. The number of fused-ring (bicyclic) bond motifs is 8. The third kappa shape index (κ3) is 3.84. The number of rotatable bonds is 11. The highest BCUT2D eigenvalue weighted by Gasteiger charge is 2.74. The topological polar surface area (TPSA) is 182 Å². The normalized spacial score (nSPS) is 38.6. The van der Waals surface area contributed by atoms with Crippen molar-refractivity contribution in [1.82, 2.24) is 10.6 Å². The summed E-state index contributed by atoms with van der Waals surface area (Å²) in [6.45, 7) is 4.36. The average Bonchev–Trinajstić information content (AvgIpc) is 3.27. The van der Waals surface area contributed by atoms with Crippen LogP contribution in [-0.2, 0) is 57.2 Å². The summed E-state index contributed by atoms with van der Waals surface area (Å²) in [7, 11) is 0. The minimum absolute atomic E-state index is 0.115. The van der Waals surface area contributed by atoms with Crippen molar-refractivity contribution in [1.29, 1.82) is 0 Å². The van der Waals surface area contributed by atoms with Gasteiger partial charge >= 0.3 is 11.9 Å². The molecule has 0 unspecified atom stereocenters. The SMILES string of the molecule is C[C@]12OC(=O)C=C(OCCOCCOCCOC3=CC(=O)O[C@]4(C)[C@@H]5C(=O)NC(=O)[C@@H]5[C@H]34)[C@H]1[C@H]1C(=O)NC(=O)[C@H]12. The summed E-state index contributed by atoms with van der Waals surface area (Å²) in [5, 5.41) is 4.58. The Morgan fingerprint density at radius 2 is 0.975 bits per heavy atom. The van der Waals surface area contributed by atoms with Crippen molar-refractivity contribution in [3.05, 3.63) is 23.7 Å². The largest absolute Gasteiger partial charge is 0.495 e. The lowest BCUT2D eigenvalue weighted by molar-refractivity contribution is -0.213. The van der Waals surface area contributed by atoms with E-state index in [-0.39, 0.29) is 39.6 Å². The molecule has 0 radical (unpaired) electrons. The van der Waals surface area contributed by atoms with E-state index in [2.05, 4.69) is 10.6 Å². The molecule has 4 amide bonds. The van der Waals surface area contributed by atoms with Gasteiger partial charge in [0, 0.05) is 0 Å². The number of nitrogens with one attached hydrogen (secondary N) is 2. The minimum atomic E-state index is -1.12. The molecule has 6 aliphatic rings. The van der Waals surface area contributed by atoms with Crippen molar-refractivity contribution in [2.24, 2.45) is 35.5 Å². The summed E-state index contributed by atoms with van der Waals surface area (Å²) in [6.07, 6.45) is 2.40. The van der Waals surface area contributed by atoms with Crippen LogP contribution in [0.25, 0.3) is 0 Å². The van der Waals surface area contributed by atoms with E-state index in [1.807, 2.05) is 0 Å². The fraction of sp³-hybridized carbons (Fsp3) is 0.615. The number of carbonyl (C=O) groups excluding carboxylic acids is 6. The average molecular weight is 561 g/mol. The lowest BCUT2D eigenvalue weighted by Crippen LogP contribution is -2.66. The fourth-order valence-corrected chi connectivity index (χ4v) is 7.08. The molecular weight excluding hydrogens is 532 g/mol. The summed E-state index contributed by atoms with van der Waals surface area (Å²) in [5.74, 6) is -6.07. The molecule has 2 saturated heterocycles. The Labute approximate surface area is 227 Å². The number of esters is 2. The summed E-state index contributed by atoms with van der Waals surface area (Å²) in [4.78, 5) is 72.5. The zero-order valence-electron chi connectivity index (χ0n) is 21.8. The van der Waals surface area contributed by atoms with Gasteiger partial charge in [-0.3, -0.25) is 29.8 Å². The van der Waals surface area contributed by atoms with Crippen LogP contribution in [0.1, 0.15) is 13.8 Å². The predicted octanol–water partition coefficient (Wildman–Crippen LogP) is -1.51. The lowest BCUT2D eigenvalue weighted by Gasteiger charge is -2.54. The van der Waals surface area contributed by atoms with Gasteiger partial charge in [-0.25, -0.2) is 9.59 Å². The number of hydrogen-bond donors (Lipinski definition) is 2. The third-order valence-electron chi connectivity index (χ3n) is 8.71. The molecule has 4 fully saturated rings. The first-order chi connectivity index (χ1) is 19.1. The summed E-state index contributed by atoms with van der Waals surface area (Å²) < 4.78 is 33.2. The molecule has 4 heterocycles. The van der Waals surface area contributed by atoms with Crippen LogP contribution in [0.4, 0.5) is 0 Å². The van der Waals surface area contributed by atoms with Crippen LogP contribution in [-0.4, -0.2) is 86.4 Å². The van der Waals surface area contributed by atoms with Crippen LogP contribution in [0.2, 0.25) is 0 Å². The molecule has 2 N–H and O–H groups in total. The molecule has 2 saturated carbocycles. The second-order valence-corrected chi connectivity index (χ2v) is 10.9. The Morgan fingerprint density at radius 1 is 0.600 bits per heavy atom. The van der Waals surface area contributed by atoms with E-state index in [1.54, 1.807) is 13.8 Å². The van der Waals surface area contributed by atoms with Gasteiger partial charge in [-0.1, -0.05) is 0 Å². The van der Waals surface area contributed by atoms with Gasteiger partial charge in [0.1, 0.15) is 35.9 Å². The second-order valence-electron chi connectivity index (χ2n) is 10.9. The standard InChI is InChI=1S/C26H28N2O12/c1-25-17(15-19(25)23(33)27-21(15)31)11(9-13(29)39-25)37-7-5-35-3-4-36-6-8-38-12-10-14(30)40-26(2)18(12)16-20(26)24(34)28-22(16)32/h9-10,15-20H,3-8H2,1-2H3,(H,27,31,33)(H,28,32,34)/t15-,16-,17+,18+,19+,20+,25+,26+/m1/s1. The number of carbonyl (C=O) groups is 6. The summed E-state index contributed by atoms with van der Waals surface area (Å²) in [6, 6.07) is 0. The zero-order chi connectivity index (χ0) is 28.4. The maximum Gasteiger partial charge on any atom is 0.334 e. The van der Waals surface area contributed by atoms with E-state index in [9.17, 15) is 28.8 Å². The predicted molar refractivity (Wildman–Crippen MR) is 126 cm³/mol. The van der Waals surface area contributed by atoms with Gasteiger partial charge in [-0.05, 0) is 13.8 Å². The Bertz CT molecular complexity index is 1180. The highest BCUT2D eigenvalue weighted by molar-refractivity contribution is 6.09. The van der Waals surface area contributed by atoms with Crippen molar-refractivity contribution in [3.63, 3.8) is 0 Å². The molecule has 0 aromatic rings. The number of hydrogen-bond acceptors (Lipinski definition) is 12. The quantitative estimate of drug-likeness (QED) is 0.170. The van der Waals surface area contributed by atoms with E-state index >= 15 is 0 Å². The molecule has 4 aliphatic heterocycles. The van der Waals surface area contributed by atoms with E-state index < -0.39 is 82.3 Å². The van der Waals surface area contributed by atoms with Crippen LogP contribution in [0.3, 0.4) is 0 Å². The first-order valence-electron chi connectivity index (χ1n) is 13.1. The molecule has 214 valence electrons. The molecule has 0 aromatic carbocycles. The first-order valence-corrected chi connectivity index (χ1v) is 13.1. The molecule has 6 rings (SSSR count). The molecule has 0 spiro atoms. The molecule has 0 aromatic heterocycles. The maximum atomic E-state index is 12.2. The van der Waals surface area contributed by atoms with Crippen molar-refractivity contribution in [3.8, 4) is 0 Å². The van der Waals surface area contributed by atoms with Crippen molar-refractivity contribution in [2.45, 2.75) is 25.0 Å². The molecule has 0 bridgehead atoms. The lowest BCUT2D eigenvalue weighted by atomic mass is 9.53. The van der Waals surface area contributed by atoms with Gasteiger partial charge in [-0.15, -0.1) is 0 Å². The van der Waals surface area contributed by atoms with Gasteiger partial charge in [0.2, 0.25) is 23.6 Å². The van der Waals surface area contributed by atoms with Gasteiger partial charge in [0.25, 0.3) is 0 Å². The fourth-order valence-electron chi connectivity index (χ4n) is 7.08. The third-order valence-corrected chi connectivity index (χ3v) is 8.71. The Kier molecular flexibility index (Phi) is 6.22. The smallest absolute Gasteiger partial charge is 0.334 e. The van der Waals surface area contributed by atoms with Crippen LogP contribution < -0.4 is 10.6 Å². The van der Waals surface area contributed by atoms with Gasteiger partial charge in [0.05, 0.1) is 74.1 Å². The molecule has 40 heavy (non-hydrogen) atoms. The Hall–Kier alpha value is -3.78. The maximum absolute atomic E-state index is 12.2. The van der Waals surface area contributed by atoms with Gasteiger partial charge in [-0.2, -0.15) is 0 Å². The highest BCUT2D eigenvalue weighted by atomic mass is 16.6. The van der Waals surface area contributed by atoms with Gasteiger partial charge < -0.3 is 28.4 Å². The van der Waals surface area contributed by atoms with E-state index in [0.717, 1.165) is 0 Å². The molecule has 2 aliphatic carbocycles. The Balaban J connectivity index is 0.888. The summed E-state index contributed by atoms with van der Waals surface area (Å²) in [5.41, 5.74) is -2.24. The van der Waals surface area contributed by atoms with Crippen LogP contribution in [0.15, 0.2) is 23.7 Å². The summed E-state index contributed by atoms with van der Waals surface area (Å²) >= 11 is 0. The number of amides is 4. The Morgan fingerprint density at radius 3 is 1.38 bits per heavy atom. The van der Waals surface area contributed by atoms with Crippen LogP contribution >= 0.6 is 0 Å². The number of imide groups is 2. The van der Waals surface area contributed by atoms with E-state index in [0.29, 0.717) is 11.5 Å². The highest BCUT2D eigenvalue weighted by Crippen LogP contribution is 2.60. The van der Waals surface area contributed by atoms with Crippen molar-refractivity contribution in [2.75, 3.05) is 39.6 Å². The van der Waals surface area contributed by atoms with Crippen molar-refractivity contribution < 1.29 is 57.2 Å². The van der Waals surface area contributed by atoms with Gasteiger partial charge in [0.15, 0.2) is 0 Å². The molecule has 8 atom stereocenters. The van der Waals surface area contributed by atoms with E-state index in [4.69, 9.17) is 28.4 Å². The number of ether oxygens (including phenoxy) is 6. The second kappa shape index (κ2) is 9.41. The van der Waals surface area contributed by atoms with Crippen LogP contribution in [0.5, 0.6) is 0 Å². The van der Waals surface area contributed by atoms with Crippen LogP contribution in [0, 0.1) is 35.5 Å². The molecular formula is C26H28N2O12. The zero-order valence-corrected chi connectivity index (χ0v) is 21.8. The van der Waals surface area contributed by atoms with Crippen molar-refractivity contribution >= 4 is 35.6 Å². The first kappa shape index (κ1) is 26.4. The monoisotopic (exact) mass is 560 g/mol.